The van der Waals surface area contributed by atoms with Gasteiger partial charge >= 0.3 is 0 Å². The summed E-state index contributed by atoms with van der Waals surface area (Å²) in [6, 6.07) is 0.641. The second-order valence-electron chi connectivity index (χ2n) is 3.80. The van der Waals surface area contributed by atoms with Crippen LogP contribution in [0.5, 0.6) is 0 Å². The first-order valence-electron chi connectivity index (χ1n) is 5.22. The lowest BCUT2D eigenvalue weighted by atomic mass is 10.1. The van der Waals surface area contributed by atoms with E-state index >= 15 is 0 Å². The van der Waals surface area contributed by atoms with E-state index < -0.39 is 0 Å². The van der Waals surface area contributed by atoms with Crippen molar-refractivity contribution in [3.05, 3.63) is 16.6 Å². The average Bonchev–Trinajstić information content (AvgIpc) is 2.76. The van der Waals surface area contributed by atoms with Gasteiger partial charge in [-0.3, -0.25) is 4.90 Å². The van der Waals surface area contributed by atoms with Crippen LogP contribution in [0.15, 0.2) is 11.6 Å². The van der Waals surface area contributed by atoms with E-state index in [1.54, 1.807) is 11.3 Å². The Morgan fingerprint density at radius 1 is 1.71 bits per heavy atom. The van der Waals surface area contributed by atoms with Gasteiger partial charge in [-0.1, -0.05) is 6.92 Å². The van der Waals surface area contributed by atoms with Gasteiger partial charge in [0.05, 0.1) is 6.04 Å². The van der Waals surface area contributed by atoms with Crippen LogP contribution in [-0.4, -0.2) is 29.0 Å². The van der Waals surface area contributed by atoms with E-state index in [0.29, 0.717) is 6.04 Å². The molecule has 0 amide bonds. The van der Waals surface area contributed by atoms with Crippen LogP contribution >= 0.6 is 11.3 Å². The van der Waals surface area contributed by atoms with Crippen molar-refractivity contribution in [2.24, 2.45) is 5.73 Å². The molecule has 1 aliphatic rings. The van der Waals surface area contributed by atoms with Crippen molar-refractivity contribution < 1.29 is 0 Å². The summed E-state index contributed by atoms with van der Waals surface area (Å²) in [5, 5.41) is 3.22. The van der Waals surface area contributed by atoms with E-state index in [1.807, 2.05) is 11.6 Å². The van der Waals surface area contributed by atoms with Crippen molar-refractivity contribution in [1.29, 1.82) is 0 Å². The summed E-state index contributed by atoms with van der Waals surface area (Å²) < 4.78 is 0. The topological polar surface area (TPSA) is 42.1 Å². The lowest BCUT2D eigenvalue weighted by Gasteiger charge is -2.24. The van der Waals surface area contributed by atoms with E-state index in [0.717, 1.165) is 19.5 Å². The van der Waals surface area contributed by atoms with Gasteiger partial charge in [-0.25, -0.2) is 4.98 Å². The van der Waals surface area contributed by atoms with Gasteiger partial charge in [-0.05, 0) is 19.4 Å². The lowest BCUT2D eigenvalue weighted by Crippen LogP contribution is -2.32. The van der Waals surface area contributed by atoms with Crippen molar-refractivity contribution in [3.63, 3.8) is 0 Å². The molecule has 2 heterocycles. The third-order valence-electron chi connectivity index (χ3n) is 2.76. The molecule has 2 atom stereocenters. The first-order chi connectivity index (χ1) is 6.83. The van der Waals surface area contributed by atoms with Gasteiger partial charge < -0.3 is 5.73 Å². The van der Waals surface area contributed by atoms with E-state index in [1.165, 1.54) is 11.4 Å². The molecule has 2 rings (SSSR count). The maximum absolute atomic E-state index is 6.12. The molecule has 3 nitrogen and oxygen atoms in total. The lowest BCUT2D eigenvalue weighted by molar-refractivity contribution is 0.248. The van der Waals surface area contributed by atoms with Crippen LogP contribution in [0.1, 0.15) is 30.8 Å². The van der Waals surface area contributed by atoms with Gasteiger partial charge in [-0.2, -0.15) is 0 Å². The second-order valence-corrected chi connectivity index (χ2v) is 4.73. The minimum atomic E-state index is 0.271. The van der Waals surface area contributed by atoms with Crippen molar-refractivity contribution in [1.82, 2.24) is 9.88 Å². The SMILES string of the molecule is CCCN1CCC(N)C1c1nccs1. The first-order valence-corrected chi connectivity index (χ1v) is 6.10. The fourth-order valence-corrected chi connectivity index (χ4v) is 2.99. The molecule has 14 heavy (non-hydrogen) atoms. The molecule has 0 aliphatic carbocycles. The van der Waals surface area contributed by atoms with Gasteiger partial charge in [0.1, 0.15) is 5.01 Å². The average molecular weight is 211 g/mol. The highest BCUT2D eigenvalue weighted by Crippen LogP contribution is 2.31. The van der Waals surface area contributed by atoms with Crippen molar-refractivity contribution >= 4 is 11.3 Å². The van der Waals surface area contributed by atoms with Crippen LogP contribution < -0.4 is 5.73 Å². The van der Waals surface area contributed by atoms with Gasteiger partial charge in [0, 0.05) is 24.2 Å². The number of thiazole rings is 1. The molecule has 0 aromatic carbocycles. The third kappa shape index (κ3) is 1.82. The van der Waals surface area contributed by atoms with E-state index in [4.69, 9.17) is 5.73 Å². The van der Waals surface area contributed by atoms with Crippen molar-refractivity contribution in [2.75, 3.05) is 13.1 Å². The van der Waals surface area contributed by atoms with Crippen LogP contribution in [0, 0.1) is 0 Å². The van der Waals surface area contributed by atoms with Gasteiger partial charge in [0.2, 0.25) is 0 Å². The zero-order valence-electron chi connectivity index (χ0n) is 8.52. The fourth-order valence-electron chi connectivity index (χ4n) is 2.14. The van der Waals surface area contributed by atoms with Crippen LogP contribution in [0.3, 0.4) is 0 Å². The Morgan fingerprint density at radius 2 is 2.57 bits per heavy atom. The predicted molar refractivity (Wildman–Crippen MR) is 59.3 cm³/mol. The minimum absolute atomic E-state index is 0.271. The third-order valence-corrected chi connectivity index (χ3v) is 3.61. The Balaban J connectivity index is 2.13. The molecule has 1 aliphatic heterocycles. The minimum Gasteiger partial charge on any atom is -0.326 e. The monoisotopic (exact) mass is 211 g/mol. The highest BCUT2D eigenvalue weighted by atomic mass is 32.1. The smallest absolute Gasteiger partial charge is 0.111 e. The molecule has 2 N–H and O–H groups in total. The number of hydrogen-bond acceptors (Lipinski definition) is 4. The number of rotatable bonds is 3. The summed E-state index contributed by atoms with van der Waals surface area (Å²) in [6.45, 7) is 4.47. The normalized spacial score (nSPS) is 28.4. The number of hydrogen-bond donors (Lipinski definition) is 1. The molecule has 78 valence electrons. The van der Waals surface area contributed by atoms with Crippen LogP contribution in [0.2, 0.25) is 0 Å². The van der Waals surface area contributed by atoms with E-state index in [-0.39, 0.29) is 6.04 Å². The Labute approximate surface area is 88.9 Å². The Bertz CT molecular complexity index is 271. The number of aromatic nitrogens is 1. The second kappa shape index (κ2) is 4.38. The van der Waals surface area contributed by atoms with E-state index in [9.17, 15) is 0 Å². The summed E-state index contributed by atoms with van der Waals surface area (Å²) in [7, 11) is 0. The fraction of sp³-hybridized carbons (Fsp3) is 0.700. The molecule has 0 saturated carbocycles. The quantitative estimate of drug-likeness (QED) is 0.826. The summed E-state index contributed by atoms with van der Waals surface area (Å²) in [4.78, 5) is 6.84. The molecule has 1 aromatic heterocycles. The Morgan fingerprint density at radius 3 is 3.21 bits per heavy atom. The van der Waals surface area contributed by atoms with Gasteiger partial charge in [0.25, 0.3) is 0 Å². The summed E-state index contributed by atoms with van der Waals surface area (Å²) in [5.74, 6) is 0. The molecule has 1 fully saturated rings. The highest BCUT2D eigenvalue weighted by Gasteiger charge is 2.33. The molecule has 2 unspecified atom stereocenters. The van der Waals surface area contributed by atoms with Gasteiger partial charge in [-0.15, -0.1) is 11.3 Å². The summed E-state index contributed by atoms with van der Waals surface area (Å²) >= 11 is 1.72. The predicted octanol–water partition coefficient (Wildman–Crippen LogP) is 1.63. The van der Waals surface area contributed by atoms with Gasteiger partial charge in [0.15, 0.2) is 0 Å². The largest absolute Gasteiger partial charge is 0.326 e. The maximum atomic E-state index is 6.12. The molecule has 4 heteroatoms. The highest BCUT2D eigenvalue weighted by molar-refractivity contribution is 7.09. The molecular formula is C10H17N3S. The molecule has 1 saturated heterocycles. The number of nitrogens with two attached hydrogens (primary N) is 1. The molecular weight excluding hydrogens is 194 g/mol. The summed E-state index contributed by atoms with van der Waals surface area (Å²) in [5.41, 5.74) is 6.12. The Kier molecular flexibility index (Phi) is 3.15. The van der Waals surface area contributed by atoms with E-state index in [2.05, 4.69) is 16.8 Å². The summed E-state index contributed by atoms with van der Waals surface area (Å²) in [6.07, 6.45) is 4.16. The number of nitrogens with zero attached hydrogens (tertiary/aromatic N) is 2. The molecule has 0 radical (unpaired) electrons. The molecule has 1 aromatic rings. The van der Waals surface area contributed by atoms with Crippen LogP contribution in [0.25, 0.3) is 0 Å². The molecule has 0 bridgehead atoms. The number of likely N-dealkylation sites (tertiary alicyclic amines) is 1. The zero-order chi connectivity index (χ0) is 9.97. The van der Waals surface area contributed by atoms with Crippen LogP contribution in [0.4, 0.5) is 0 Å². The zero-order valence-corrected chi connectivity index (χ0v) is 9.33. The van der Waals surface area contributed by atoms with Crippen molar-refractivity contribution in [3.8, 4) is 0 Å². The van der Waals surface area contributed by atoms with Crippen molar-refractivity contribution in [2.45, 2.75) is 31.8 Å². The standard InChI is InChI=1S/C10H17N3S/c1-2-5-13-6-3-8(11)9(13)10-12-4-7-14-10/h4,7-9H,2-3,5-6,11H2,1H3. The maximum Gasteiger partial charge on any atom is 0.111 e. The van der Waals surface area contributed by atoms with Crippen LogP contribution in [-0.2, 0) is 0 Å². The first kappa shape index (κ1) is 10.1. The Hall–Kier alpha value is -0.450. The molecule has 0 spiro atoms.